The number of nitrogens with zero attached hydrogens (tertiary/aromatic N) is 2. The van der Waals surface area contributed by atoms with Crippen LogP contribution in [-0.4, -0.2) is 30.2 Å². The minimum absolute atomic E-state index is 0.425. The van der Waals surface area contributed by atoms with E-state index in [0.717, 1.165) is 40.3 Å². The minimum Gasteiger partial charge on any atom is -0.378 e. The molecule has 120 valence electrons. The van der Waals surface area contributed by atoms with Crippen molar-refractivity contribution in [1.82, 2.24) is 9.97 Å². The van der Waals surface area contributed by atoms with Crippen LogP contribution in [0.1, 0.15) is 52.1 Å². The summed E-state index contributed by atoms with van der Waals surface area (Å²) in [4.78, 5) is 9.46. The lowest BCUT2D eigenvalue weighted by molar-refractivity contribution is -0.0573. The number of rotatable bonds is 9. The largest absolute Gasteiger partial charge is 0.378 e. The van der Waals surface area contributed by atoms with Crippen LogP contribution >= 0.6 is 22.6 Å². The normalized spacial score (nSPS) is 11.7. The van der Waals surface area contributed by atoms with Crippen LogP contribution in [0, 0.1) is 3.57 Å². The highest BCUT2D eigenvalue weighted by atomic mass is 127. The second-order valence-corrected chi connectivity index (χ2v) is 5.83. The van der Waals surface area contributed by atoms with E-state index < -0.39 is 5.60 Å². The van der Waals surface area contributed by atoms with Gasteiger partial charge in [0, 0.05) is 20.3 Å². The molecule has 1 aromatic heterocycles. The molecular weight excluding hydrogens is 381 g/mol. The zero-order valence-corrected chi connectivity index (χ0v) is 15.8. The van der Waals surface area contributed by atoms with Crippen molar-refractivity contribution in [3.05, 3.63) is 15.1 Å². The molecule has 1 rings (SSSR count). The first kappa shape index (κ1) is 18.6. The Morgan fingerprint density at radius 3 is 2.29 bits per heavy atom. The molecule has 1 N–H and O–H groups in total. The SMILES string of the molecule is CCNc1nc(C(CC)(CC)OCC)nc(COC)c1I. The maximum Gasteiger partial charge on any atom is 0.163 e. The number of methoxy groups -OCH3 is 1. The zero-order chi connectivity index (χ0) is 15.9. The van der Waals surface area contributed by atoms with Crippen molar-refractivity contribution in [1.29, 1.82) is 0 Å². The third-order valence-corrected chi connectivity index (χ3v) is 4.65. The lowest BCUT2D eigenvalue weighted by Crippen LogP contribution is -2.32. The molecule has 0 spiro atoms. The Balaban J connectivity index is 3.38. The first-order valence-electron chi connectivity index (χ1n) is 7.52. The maximum absolute atomic E-state index is 6.02. The van der Waals surface area contributed by atoms with Crippen molar-refractivity contribution in [3.63, 3.8) is 0 Å². The molecule has 0 atom stereocenters. The molecule has 0 bridgehead atoms. The van der Waals surface area contributed by atoms with E-state index in [0.29, 0.717) is 13.2 Å². The first-order chi connectivity index (χ1) is 10.1. The van der Waals surface area contributed by atoms with E-state index in [1.165, 1.54) is 0 Å². The Kier molecular flexibility index (Phi) is 7.83. The van der Waals surface area contributed by atoms with Crippen LogP contribution in [0.15, 0.2) is 0 Å². The molecule has 1 aromatic rings. The number of ether oxygens (including phenoxy) is 2. The summed E-state index contributed by atoms with van der Waals surface area (Å²) in [6.07, 6.45) is 1.69. The lowest BCUT2D eigenvalue weighted by Gasteiger charge is -2.30. The predicted octanol–water partition coefficient (Wildman–Crippen LogP) is 3.71. The van der Waals surface area contributed by atoms with Crippen LogP contribution in [0.5, 0.6) is 0 Å². The minimum atomic E-state index is -0.425. The van der Waals surface area contributed by atoms with Gasteiger partial charge in [-0.15, -0.1) is 0 Å². The Bertz CT molecular complexity index is 424. The third-order valence-electron chi connectivity index (χ3n) is 3.52. The van der Waals surface area contributed by atoms with Gasteiger partial charge in [-0.2, -0.15) is 0 Å². The molecular formula is C15H26IN3O2. The van der Waals surface area contributed by atoms with Crippen LogP contribution in [0.2, 0.25) is 0 Å². The van der Waals surface area contributed by atoms with Crippen molar-refractivity contribution in [3.8, 4) is 0 Å². The van der Waals surface area contributed by atoms with Crippen molar-refractivity contribution in [2.75, 3.05) is 25.6 Å². The summed E-state index contributed by atoms with van der Waals surface area (Å²) in [5, 5.41) is 3.31. The van der Waals surface area contributed by atoms with Crippen LogP contribution < -0.4 is 5.32 Å². The van der Waals surface area contributed by atoms with Crippen LogP contribution in [0.3, 0.4) is 0 Å². The first-order valence-corrected chi connectivity index (χ1v) is 8.59. The van der Waals surface area contributed by atoms with E-state index in [-0.39, 0.29) is 0 Å². The van der Waals surface area contributed by atoms with Gasteiger partial charge in [0.15, 0.2) is 5.82 Å². The Labute approximate surface area is 141 Å². The molecule has 0 fully saturated rings. The molecule has 0 aromatic carbocycles. The van der Waals surface area contributed by atoms with Gasteiger partial charge in [0.2, 0.25) is 0 Å². The molecule has 6 heteroatoms. The number of aromatic nitrogens is 2. The van der Waals surface area contributed by atoms with Gasteiger partial charge in [-0.3, -0.25) is 0 Å². The quantitative estimate of drug-likeness (QED) is 0.633. The number of nitrogens with one attached hydrogen (secondary N) is 1. The summed E-state index contributed by atoms with van der Waals surface area (Å²) in [6, 6.07) is 0. The van der Waals surface area contributed by atoms with Crippen LogP contribution in [-0.2, 0) is 21.7 Å². The molecule has 0 aliphatic carbocycles. The van der Waals surface area contributed by atoms with Crippen molar-refractivity contribution in [2.24, 2.45) is 0 Å². The predicted molar refractivity (Wildman–Crippen MR) is 93.5 cm³/mol. The Hall–Kier alpha value is -0.470. The third kappa shape index (κ3) is 4.26. The second kappa shape index (κ2) is 8.85. The molecule has 0 amide bonds. The average molecular weight is 407 g/mol. The molecule has 0 saturated carbocycles. The van der Waals surface area contributed by atoms with E-state index in [9.17, 15) is 0 Å². The monoisotopic (exact) mass is 407 g/mol. The molecule has 0 saturated heterocycles. The molecule has 1 heterocycles. The van der Waals surface area contributed by atoms with E-state index in [1.54, 1.807) is 7.11 Å². The Morgan fingerprint density at radius 1 is 1.14 bits per heavy atom. The Morgan fingerprint density at radius 2 is 1.81 bits per heavy atom. The van der Waals surface area contributed by atoms with Crippen LogP contribution in [0.25, 0.3) is 0 Å². The van der Waals surface area contributed by atoms with E-state index in [2.05, 4.69) is 48.7 Å². The van der Waals surface area contributed by atoms with Gasteiger partial charge in [-0.25, -0.2) is 9.97 Å². The summed E-state index contributed by atoms with van der Waals surface area (Å²) in [5.74, 6) is 1.61. The van der Waals surface area contributed by atoms with Gasteiger partial charge in [-0.1, -0.05) is 13.8 Å². The van der Waals surface area contributed by atoms with Gasteiger partial charge >= 0.3 is 0 Å². The van der Waals surface area contributed by atoms with Crippen molar-refractivity contribution in [2.45, 2.75) is 52.7 Å². The molecule has 0 radical (unpaired) electrons. The van der Waals surface area contributed by atoms with Gasteiger partial charge < -0.3 is 14.8 Å². The highest BCUT2D eigenvalue weighted by molar-refractivity contribution is 14.1. The van der Waals surface area contributed by atoms with E-state index in [4.69, 9.17) is 19.4 Å². The van der Waals surface area contributed by atoms with E-state index >= 15 is 0 Å². The summed E-state index contributed by atoms with van der Waals surface area (Å²) in [6.45, 7) is 10.2. The summed E-state index contributed by atoms with van der Waals surface area (Å²) < 4.78 is 12.3. The van der Waals surface area contributed by atoms with Gasteiger partial charge in [0.25, 0.3) is 0 Å². The van der Waals surface area contributed by atoms with E-state index in [1.807, 2.05) is 6.92 Å². The van der Waals surface area contributed by atoms with Crippen LogP contribution in [0.4, 0.5) is 5.82 Å². The fraction of sp³-hybridized carbons (Fsp3) is 0.733. The van der Waals surface area contributed by atoms with Crippen molar-refractivity contribution >= 4 is 28.4 Å². The summed E-state index contributed by atoms with van der Waals surface area (Å²) in [5.41, 5.74) is 0.483. The maximum atomic E-state index is 6.02. The summed E-state index contributed by atoms with van der Waals surface area (Å²) in [7, 11) is 1.68. The number of halogens is 1. The highest BCUT2D eigenvalue weighted by Crippen LogP contribution is 2.33. The molecule has 5 nitrogen and oxygen atoms in total. The number of hydrogen-bond acceptors (Lipinski definition) is 5. The molecule has 0 unspecified atom stereocenters. The molecule has 21 heavy (non-hydrogen) atoms. The summed E-state index contributed by atoms with van der Waals surface area (Å²) >= 11 is 2.27. The lowest BCUT2D eigenvalue weighted by atomic mass is 9.95. The van der Waals surface area contributed by atoms with Crippen molar-refractivity contribution < 1.29 is 9.47 Å². The number of anilines is 1. The zero-order valence-electron chi connectivity index (χ0n) is 13.6. The fourth-order valence-electron chi connectivity index (χ4n) is 2.33. The molecule has 0 aliphatic rings. The van der Waals surface area contributed by atoms with Gasteiger partial charge in [0.05, 0.1) is 15.9 Å². The van der Waals surface area contributed by atoms with Gasteiger partial charge in [0.1, 0.15) is 11.4 Å². The average Bonchev–Trinajstić information content (AvgIpc) is 2.49. The standard InChI is InChI=1S/C15H26IN3O2/c1-6-15(7-2,21-9-4)14-18-11(10-20-5)12(16)13(19-14)17-8-3/h6-10H2,1-5H3,(H,17,18,19). The molecule has 0 aliphatic heterocycles. The highest BCUT2D eigenvalue weighted by Gasteiger charge is 2.33. The second-order valence-electron chi connectivity index (χ2n) is 4.75. The topological polar surface area (TPSA) is 56.3 Å². The fourth-order valence-corrected chi connectivity index (χ4v) is 2.91. The smallest absolute Gasteiger partial charge is 0.163 e. The van der Waals surface area contributed by atoms with Gasteiger partial charge in [-0.05, 0) is 49.3 Å². The number of hydrogen-bond donors (Lipinski definition) is 1.